The number of allylic oxidation sites excluding steroid dienone is 8. The molecule has 8 rings (SSSR count). The van der Waals surface area contributed by atoms with Gasteiger partial charge in [0, 0.05) is 40.7 Å². The van der Waals surface area contributed by atoms with E-state index in [1.165, 1.54) is 0 Å². The van der Waals surface area contributed by atoms with Gasteiger partial charge in [-0.2, -0.15) is 0 Å². The van der Waals surface area contributed by atoms with E-state index >= 15 is 0 Å². The Bertz CT molecular complexity index is 2090. The van der Waals surface area contributed by atoms with E-state index in [0.29, 0.717) is 18.1 Å². The SMILES string of the molecule is CC.CC1/C=C\C/C=C\C/C2=N/C3N=C(NC4=C5/C=C\C/C=C\C(=C(/N=c6\[nH]c(c7ccccc67)=NC1=N2)N4)C5)c1ccccc13. The molecule has 5 aliphatic rings. The van der Waals surface area contributed by atoms with Crippen molar-refractivity contribution in [2.24, 2.45) is 30.9 Å². The van der Waals surface area contributed by atoms with Gasteiger partial charge < -0.3 is 15.6 Å². The smallest absolute Gasteiger partial charge is 0.170 e. The van der Waals surface area contributed by atoms with Crippen LogP contribution in [0.2, 0.25) is 0 Å². The fourth-order valence-electron chi connectivity index (χ4n) is 6.07. The van der Waals surface area contributed by atoms with Gasteiger partial charge in [0.2, 0.25) is 0 Å². The zero-order valence-corrected chi connectivity index (χ0v) is 26.5. The summed E-state index contributed by atoms with van der Waals surface area (Å²) in [5.74, 6) is 3.81. The van der Waals surface area contributed by atoms with Crippen LogP contribution in [0, 0.1) is 5.92 Å². The molecule has 0 radical (unpaired) electrons. The number of nitrogens with one attached hydrogen (secondary N) is 3. The van der Waals surface area contributed by atoms with Gasteiger partial charge in [0.15, 0.2) is 6.17 Å². The van der Waals surface area contributed by atoms with Crippen LogP contribution in [0.15, 0.2) is 145 Å². The molecular formula is C38H38N8. The molecule has 10 bridgehead atoms. The molecular weight excluding hydrogens is 568 g/mol. The quantitative estimate of drug-likeness (QED) is 0.246. The maximum absolute atomic E-state index is 5.20. The van der Waals surface area contributed by atoms with E-state index < -0.39 is 6.17 Å². The molecule has 46 heavy (non-hydrogen) atoms. The number of aromatic nitrogens is 1. The highest BCUT2D eigenvalue weighted by Gasteiger charge is 2.28. The van der Waals surface area contributed by atoms with Gasteiger partial charge in [0.25, 0.3) is 0 Å². The fraction of sp³-hybridized carbons (Fsp3) is 0.237. The number of dihydropyridines is 1. The van der Waals surface area contributed by atoms with Crippen molar-refractivity contribution in [3.8, 4) is 0 Å². The van der Waals surface area contributed by atoms with E-state index in [1.54, 1.807) is 0 Å². The van der Waals surface area contributed by atoms with Gasteiger partial charge in [-0.3, -0.25) is 0 Å². The molecule has 0 spiro atoms. The van der Waals surface area contributed by atoms with Gasteiger partial charge in [0.05, 0.1) is 0 Å². The first-order valence-corrected chi connectivity index (χ1v) is 16.2. The normalized spacial score (nSPS) is 26.2. The number of hydrogen-bond donors (Lipinski definition) is 3. The van der Waals surface area contributed by atoms with Crippen LogP contribution in [-0.4, -0.2) is 22.5 Å². The number of rotatable bonds is 0. The molecule has 2 aromatic carbocycles. The van der Waals surface area contributed by atoms with Crippen LogP contribution in [0.25, 0.3) is 10.8 Å². The van der Waals surface area contributed by atoms with Crippen molar-refractivity contribution in [2.45, 2.75) is 52.6 Å². The summed E-state index contributed by atoms with van der Waals surface area (Å²) in [6, 6.07) is 16.5. The van der Waals surface area contributed by atoms with Gasteiger partial charge in [-0.05, 0) is 24.0 Å². The highest BCUT2D eigenvalue weighted by molar-refractivity contribution is 6.04. The van der Waals surface area contributed by atoms with Crippen LogP contribution in [0.4, 0.5) is 0 Å². The molecule has 0 saturated carbocycles. The molecule has 230 valence electrons. The van der Waals surface area contributed by atoms with E-state index in [0.717, 1.165) is 80.8 Å². The Hall–Kier alpha value is -5.37. The molecule has 1 aromatic heterocycles. The molecule has 5 heterocycles. The average Bonchev–Trinajstić information content (AvgIpc) is 3.59. The summed E-state index contributed by atoms with van der Waals surface area (Å²) in [5.41, 5.74) is 5.84. The predicted molar refractivity (Wildman–Crippen MR) is 187 cm³/mol. The number of fused-ring (bicyclic) bond motifs is 14. The van der Waals surface area contributed by atoms with E-state index in [-0.39, 0.29) is 5.92 Å². The Morgan fingerprint density at radius 3 is 2.30 bits per heavy atom. The van der Waals surface area contributed by atoms with Gasteiger partial charge in [-0.1, -0.05) is 118 Å². The van der Waals surface area contributed by atoms with Gasteiger partial charge >= 0.3 is 0 Å². The standard InChI is InChI=1S/C36H32N8.C2H6/c1-22-13-5-2-3-8-20-29-37-30(22)39-34-27-18-11-12-19-28(27)36(44-34)42-32-24-15-7-4-6-14-23(21-24)31(40-32)41-35-26-17-10-9-16-25(26)33(38-29)43-35;1-2/h3,5-19,22,33,40H,2,4,20-21H2,1H3,(H,41,43)(H,37,38,39,42,44);1-2H3/b8-3-,13-5-,14-6-,15-7-;. The van der Waals surface area contributed by atoms with Crippen LogP contribution in [0.1, 0.15) is 63.7 Å². The van der Waals surface area contributed by atoms with Gasteiger partial charge in [-0.15, -0.1) is 0 Å². The lowest BCUT2D eigenvalue weighted by Gasteiger charge is -2.25. The second-order valence-corrected chi connectivity index (χ2v) is 11.4. The highest BCUT2D eigenvalue weighted by Crippen LogP contribution is 2.32. The molecule has 1 aliphatic carbocycles. The number of hydrogen-bond acceptors (Lipinski definition) is 7. The Morgan fingerprint density at radius 2 is 1.46 bits per heavy atom. The molecule has 3 aromatic rings. The third kappa shape index (κ3) is 5.74. The molecule has 0 amide bonds. The van der Waals surface area contributed by atoms with E-state index in [1.807, 2.05) is 38.1 Å². The van der Waals surface area contributed by atoms with E-state index in [4.69, 9.17) is 25.0 Å². The molecule has 2 atom stereocenters. The minimum absolute atomic E-state index is 0.0196. The highest BCUT2D eigenvalue weighted by atomic mass is 15.2. The Morgan fingerprint density at radius 1 is 0.717 bits per heavy atom. The lowest BCUT2D eigenvalue weighted by molar-refractivity contribution is 0.772. The zero-order chi connectivity index (χ0) is 31.5. The van der Waals surface area contributed by atoms with Crippen molar-refractivity contribution < 1.29 is 0 Å². The van der Waals surface area contributed by atoms with E-state index in [9.17, 15) is 0 Å². The summed E-state index contributed by atoms with van der Waals surface area (Å²) in [6.45, 7) is 6.13. The molecule has 8 nitrogen and oxygen atoms in total. The molecule has 0 saturated heterocycles. The van der Waals surface area contributed by atoms with Crippen molar-refractivity contribution in [3.05, 3.63) is 142 Å². The predicted octanol–water partition coefficient (Wildman–Crippen LogP) is 6.77. The number of benzene rings is 2. The molecule has 8 heteroatoms. The summed E-state index contributed by atoms with van der Waals surface area (Å²) < 4.78 is 0. The first-order valence-electron chi connectivity index (χ1n) is 16.2. The average molecular weight is 607 g/mol. The third-order valence-electron chi connectivity index (χ3n) is 8.36. The lowest BCUT2D eigenvalue weighted by Crippen LogP contribution is -2.35. The monoisotopic (exact) mass is 606 g/mol. The Kier molecular flexibility index (Phi) is 8.25. The molecule has 0 fully saturated rings. The second-order valence-electron chi connectivity index (χ2n) is 11.4. The third-order valence-corrected chi connectivity index (χ3v) is 8.36. The zero-order valence-electron chi connectivity index (χ0n) is 26.5. The van der Waals surface area contributed by atoms with Crippen molar-refractivity contribution in [2.75, 3.05) is 0 Å². The first-order chi connectivity index (χ1) is 22.7. The Balaban J connectivity index is 0.00000166. The van der Waals surface area contributed by atoms with Crippen molar-refractivity contribution in [1.29, 1.82) is 0 Å². The Labute approximate surface area is 269 Å². The van der Waals surface area contributed by atoms with Crippen LogP contribution in [-0.2, 0) is 0 Å². The van der Waals surface area contributed by atoms with Crippen LogP contribution < -0.4 is 21.6 Å². The number of amidine groups is 3. The largest absolute Gasteiger partial charge is 0.326 e. The summed E-state index contributed by atoms with van der Waals surface area (Å²) in [5, 5.41) is 9.28. The van der Waals surface area contributed by atoms with Gasteiger partial charge in [0.1, 0.15) is 40.1 Å². The summed E-state index contributed by atoms with van der Waals surface area (Å²) in [7, 11) is 0. The molecule has 2 unspecified atom stereocenters. The van der Waals surface area contributed by atoms with E-state index in [2.05, 4.69) is 95.4 Å². The van der Waals surface area contributed by atoms with Crippen molar-refractivity contribution in [1.82, 2.24) is 15.6 Å². The summed E-state index contributed by atoms with van der Waals surface area (Å²) in [4.78, 5) is 29.3. The maximum Gasteiger partial charge on any atom is 0.170 e. The lowest BCUT2D eigenvalue weighted by atomic mass is 9.98. The topological polar surface area (TPSA) is 102 Å². The van der Waals surface area contributed by atoms with Crippen molar-refractivity contribution >= 4 is 28.3 Å². The second kappa shape index (κ2) is 12.9. The molecule has 3 N–H and O–H groups in total. The molecule has 4 aliphatic heterocycles. The number of aromatic amines is 1. The number of nitrogens with zero attached hydrogens (tertiary/aromatic N) is 5. The minimum Gasteiger partial charge on any atom is -0.326 e. The minimum atomic E-state index is -0.415. The maximum atomic E-state index is 5.20. The first kappa shape index (κ1) is 29.3. The van der Waals surface area contributed by atoms with Crippen LogP contribution >= 0.6 is 0 Å². The van der Waals surface area contributed by atoms with Crippen molar-refractivity contribution in [3.63, 3.8) is 0 Å². The fourth-order valence-corrected chi connectivity index (χ4v) is 6.07. The summed E-state index contributed by atoms with van der Waals surface area (Å²) >= 11 is 0. The number of H-pyrrole nitrogens is 1. The van der Waals surface area contributed by atoms with Crippen LogP contribution in [0.5, 0.6) is 0 Å². The number of aliphatic imine (C=N–C) groups is 3. The van der Waals surface area contributed by atoms with Crippen LogP contribution in [0.3, 0.4) is 0 Å². The summed E-state index contributed by atoms with van der Waals surface area (Å²) in [6.07, 6.45) is 20.0. The van der Waals surface area contributed by atoms with Gasteiger partial charge in [-0.25, -0.2) is 25.0 Å².